The Balaban J connectivity index is 2.22. The van der Waals surface area contributed by atoms with Crippen molar-refractivity contribution in [2.24, 2.45) is 0 Å². The van der Waals surface area contributed by atoms with E-state index in [2.05, 4.69) is 11.9 Å². The molecule has 1 aromatic carbocycles. The third-order valence-electron chi connectivity index (χ3n) is 4.82. The molecule has 0 bridgehead atoms. The van der Waals surface area contributed by atoms with E-state index < -0.39 is 40.8 Å². The molecule has 1 aliphatic rings. The SMILES string of the molecule is C=CC(=O)NCc1ccccc1C(=O)N(CC(F)F)C1CCN(S(C)(=O)=O)CC1. The van der Waals surface area contributed by atoms with Gasteiger partial charge in [-0.05, 0) is 30.5 Å². The molecule has 29 heavy (non-hydrogen) atoms. The number of benzene rings is 1. The van der Waals surface area contributed by atoms with Crippen molar-refractivity contribution in [2.45, 2.75) is 31.9 Å². The first-order valence-electron chi connectivity index (χ1n) is 9.16. The van der Waals surface area contributed by atoms with Gasteiger partial charge in [-0.25, -0.2) is 21.5 Å². The first kappa shape index (κ1) is 23.0. The average molecular weight is 429 g/mol. The van der Waals surface area contributed by atoms with Gasteiger partial charge in [0.15, 0.2) is 0 Å². The summed E-state index contributed by atoms with van der Waals surface area (Å²) in [5.41, 5.74) is 0.726. The van der Waals surface area contributed by atoms with Crippen LogP contribution in [0, 0.1) is 0 Å². The fourth-order valence-electron chi connectivity index (χ4n) is 3.32. The van der Waals surface area contributed by atoms with Gasteiger partial charge in [-0.1, -0.05) is 24.8 Å². The van der Waals surface area contributed by atoms with Crippen LogP contribution in [0.4, 0.5) is 8.78 Å². The molecule has 0 saturated carbocycles. The largest absolute Gasteiger partial charge is 0.348 e. The number of halogens is 2. The normalized spacial score (nSPS) is 15.9. The maximum Gasteiger partial charge on any atom is 0.255 e. The standard InChI is InChI=1S/C19H25F2N3O4S/c1-3-18(25)22-12-14-6-4-5-7-16(14)19(26)24(13-17(20)21)15-8-10-23(11-9-15)29(2,27)28/h3-7,15,17H,1,8-13H2,2H3,(H,22,25). The summed E-state index contributed by atoms with van der Waals surface area (Å²) in [4.78, 5) is 25.7. The van der Waals surface area contributed by atoms with Crippen molar-refractivity contribution in [3.05, 3.63) is 48.0 Å². The van der Waals surface area contributed by atoms with E-state index in [-0.39, 0.29) is 38.0 Å². The number of carbonyl (C=O) groups excluding carboxylic acids is 2. The second-order valence-corrected chi connectivity index (χ2v) is 8.80. The minimum Gasteiger partial charge on any atom is -0.348 e. The zero-order valence-corrected chi connectivity index (χ0v) is 17.0. The Labute approximate surface area is 169 Å². The van der Waals surface area contributed by atoms with Gasteiger partial charge in [0.2, 0.25) is 15.9 Å². The number of carbonyl (C=O) groups is 2. The Bertz CT molecular complexity index is 853. The summed E-state index contributed by atoms with van der Waals surface area (Å²) in [6.07, 6.45) is 0.0354. The van der Waals surface area contributed by atoms with Crippen molar-refractivity contribution >= 4 is 21.8 Å². The van der Waals surface area contributed by atoms with Crippen LogP contribution in [0.1, 0.15) is 28.8 Å². The van der Waals surface area contributed by atoms with Gasteiger partial charge in [0.05, 0.1) is 12.8 Å². The Morgan fingerprint density at radius 3 is 2.48 bits per heavy atom. The van der Waals surface area contributed by atoms with Crippen LogP contribution in [0.15, 0.2) is 36.9 Å². The van der Waals surface area contributed by atoms with Gasteiger partial charge in [-0.2, -0.15) is 0 Å². The van der Waals surface area contributed by atoms with Gasteiger partial charge in [0.25, 0.3) is 12.3 Å². The van der Waals surface area contributed by atoms with E-state index in [1.165, 1.54) is 10.4 Å². The van der Waals surface area contributed by atoms with Crippen LogP contribution in [0.3, 0.4) is 0 Å². The summed E-state index contributed by atoms with van der Waals surface area (Å²) in [7, 11) is -3.36. The number of hydrogen-bond acceptors (Lipinski definition) is 4. The number of hydrogen-bond donors (Lipinski definition) is 1. The molecule has 0 radical (unpaired) electrons. The maximum atomic E-state index is 13.2. The second-order valence-electron chi connectivity index (χ2n) is 6.82. The van der Waals surface area contributed by atoms with E-state index in [4.69, 9.17) is 0 Å². The lowest BCUT2D eigenvalue weighted by Gasteiger charge is -2.37. The van der Waals surface area contributed by atoms with Crippen molar-refractivity contribution in [3.8, 4) is 0 Å². The molecule has 1 N–H and O–H groups in total. The molecule has 1 aromatic rings. The zero-order chi connectivity index (χ0) is 21.6. The van der Waals surface area contributed by atoms with Crippen LogP contribution in [0.2, 0.25) is 0 Å². The summed E-state index contributed by atoms with van der Waals surface area (Å²) in [5.74, 6) is -0.976. The molecule has 2 rings (SSSR count). The monoisotopic (exact) mass is 429 g/mol. The van der Waals surface area contributed by atoms with Crippen molar-refractivity contribution < 1.29 is 26.8 Å². The quantitative estimate of drug-likeness (QED) is 0.637. The fourth-order valence-corrected chi connectivity index (χ4v) is 4.20. The minimum absolute atomic E-state index is 0.0573. The molecule has 160 valence electrons. The highest BCUT2D eigenvalue weighted by atomic mass is 32.2. The third-order valence-corrected chi connectivity index (χ3v) is 6.12. The van der Waals surface area contributed by atoms with E-state index in [0.29, 0.717) is 5.56 Å². The molecular formula is C19H25F2N3O4S. The molecule has 0 aliphatic carbocycles. The second kappa shape index (κ2) is 9.93. The molecule has 2 amide bonds. The van der Waals surface area contributed by atoms with Gasteiger partial charge >= 0.3 is 0 Å². The molecule has 0 unspecified atom stereocenters. The smallest absolute Gasteiger partial charge is 0.255 e. The first-order chi connectivity index (χ1) is 13.6. The molecule has 0 spiro atoms. The van der Waals surface area contributed by atoms with Gasteiger partial charge in [-0.15, -0.1) is 0 Å². The average Bonchev–Trinajstić information content (AvgIpc) is 2.69. The van der Waals surface area contributed by atoms with Crippen LogP contribution in [0.5, 0.6) is 0 Å². The summed E-state index contributed by atoms with van der Waals surface area (Å²) in [6, 6.07) is 5.99. The van der Waals surface area contributed by atoms with Crippen LogP contribution in [-0.4, -0.2) is 67.8 Å². The van der Waals surface area contributed by atoms with Crippen LogP contribution in [-0.2, 0) is 21.4 Å². The van der Waals surface area contributed by atoms with E-state index in [0.717, 1.165) is 17.2 Å². The lowest BCUT2D eigenvalue weighted by atomic mass is 10.0. The van der Waals surface area contributed by atoms with Gasteiger partial charge in [0.1, 0.15) is 0 Å². The number of amides is 2. The predicted molar refractivity (Wildman–Crippen MR) is 105 cm³/mol. The van der Waals surface area contributed by atoms with Crippen LogP contribution in [0.25, 0.3) is 0 Å². The topological polar surface area (TPSA) is 86.8 Å². The van der Waals surface area contributed by atoms with Gasteiger partial charge in [0, 0.05) is 31.2 Å². The maximum absolute atomic E-state index is 13.2. The number of nitrogens with zero attached hydrogens (tertiary/aromatic N) is 2. The summed E-state index contributed by atoms with van der Waals surface area (Å²) < 4.78 is 51.1. The van der Waals surface area contributed by atoms with Crippen molar-refractivity contribution in [3.63, 3.8) is 0 Å². The summed E-state index contributed by atoms with van der Waals surface area (Å²) in [5, 5.41) is 2.58. The van der Waals surface area contributed by atoms with Crippen molar-refractivity contribution in [1.82, 2.24) is 14.5 Å². The Morgan fingerprint density at radius 2 is 1.93 bits per heavy atom. The summed E-state index contributed by atoms with van der Waals surface area (Å²) in [6.45, 7) is 3.02. The van der Waals surface area contributed by atoms with E-state index in [1.54, 1.807) is 18.2 Å². The molecule has 0 aromatic heterocycles. The number of piperidine rings is 1. The van der Waals surface area contributed by atoms with E-state index in [1.807, 2.05) is 0 Å². The molecule has 1 aliphatic heterocycles. The van der Waals surface area contributed by atoms with Crippen molar-refractivity contribution in [1.29, 1.82) is 0 Å². The molecule has 0 atom stereocenters. The summed E-state index contributed by atoms with van der Waals surface area (Å²) >= 11 is 0. The lowest BCUT2D eigenvalue weighted by molar-refractivity contribution is -0.116. The minimum atomic E-state index is -3.36. The van der Waals surface area contributed by atoms with Gasteiger partial charge < -0.3 is 10.2 Å². The number of nitrogens with one attached hydrogen (secondary N) is 1. The molecule has 7 nitrogen and oxygen atoms in total. The van der Waals surface area contributed by atoms with E-state index >= 15 is 0 Å². The van der Waals surface area contributed by atoms with E-state index in [9.17, 15) is 26.8 Å². The highest BCUT2D eigenvalue weighted by Crippen LogP contribution is 2.23. The molecule has 1 heterocycles. The zero-order valence-electron chi connectivity index (χ0n) is 16.2. The predicted octanol–water partition coefficient (Wildman–Crippen LogP) is 1.62. The Kier molecular flexibility index (Phi) is 7.86. The van der Waals surface area contributed by atoms with Crippen LogP contribution < -0.4 is 5.32 Å². The Morgan fingerprint density at radius 1 is 1.31 bits per heavy atom. The molecule has 1 fully saturated rings. The van der Waals surface area contributed by atoms with Gasteiger partial charge in [-0.3, -0.25) is 9.59 Å². The molecule has 10 heteroatoms. The highest BCUT2D eigenvalue weighted by molar-refractivity contribution is 7.88. The lowest BCUT2D eigenvalue weighted by Crippen LogP contribution is -2.50. The number of rotatable bonds is 8. The number of sulfonamides is 1. The highest BCUT2D eigenvalue weighted by Gasteiger charge is 2.33. The first-order valence-corrected chi connectivity index (χ1v) is 11.0. The van der Waals surface area contributed by atoms with Crippen LogP contribution >= 0.6 is 0 Å². The molecular weight excluding hydrogens is 404 g/mol. The molecule has 1 saturated heterocycles. The fraction of sp³-hybridized carbons (Fsp3) is 0.474. The number of alkyl halides is 2. The third kappa shape index (κ3) is 6.33. The Hall–Kier alpha value is -2.33. The van der Waals surface area contributed by atoms with Crippen molar-refractivity contribution in [2.75, 3.05) is 25.9 Å².